The molecule has 0 rings (SSSR count). The maximum Gasteiger partial charge on any atom is 0.112 e. The van der Waals surface area contributed by atoms with Crippen LogP contribution < -0.4 is 5.11 Å². The normalized spacial score (nSPS) is 13.6. The van der Waals surface area contributed by atoms with Gasteiger partial charge in [-0.25, -0.2) is 0 Å². The molecule has 0 aromatic carbocycles. The van der Waals surface area contributed by atoms with Crippen LogP contribution in [-0.4, -0.2) is 50.9 Å². The number of carboxylic acids is 1. The lowest BCUT2D eigenvalue weighted by Gasteiger charge is -2.29. The molecule has 0 saturated heterocycles. The third-order valence-electron chi connectivity index (χ3n) is 4.33. The highest BCUT2D eigenvalue weighted by atomic mass is 16.5. The van der Waals surface area contributed by atoms with Gasteiger partial charge in [-0.15, -0.1) is 0 Å². The van der Waals surface area contributed by atoms with E-state index < -0.39 is 5.97 Å². The number of unbranched alkanes of at least 4 members (excludes halogenated alkanes) is 7. The van der Waals surface area contributed by atoms with Crippen LogP contribution in [0.5, 0.6) is 0 Å². The van der Waals surface area contributed by atoms with Gasteiger partial charge in [0, 0.05) is 19.0 Å². The van der Waals surface area contributed by atoms with Crippen LogP contribution in [0.2, 0.25) is 0 Å². The van der Waals surface area contributed by atoms with E-state index in [1.807, 2.05) is 21.1 Å². The quantitative estimate of drug-likeness (QED) is 0.203. The van der Waals surface area contributed by atoms with Gasteiger partial charge in [-0.2, -0.15) is 0 Å². The van der Waals surface area contributed by atoms with Crippen LogP contribution in [-0.2, 0) is 9.53 Å². The fourth-order valence-electron chi connectivity index (χ4n) is 2.97. The second kappa shape index (κ2) is 17.0. The third-order valence-corrected chi connectivity index (χ3v) is 4.33. The number of nitrogens with zero attached hydrogens (tertiary/aromatic N) is 1. The van der Waals surface area contributed by atoms with Gasteiger partial charge in [0.05, 0.1) is 21.1 Å². The molecule has 4 heteroatoms. The highest BCUT2D eigenvalue weighted by Crippen LogP contribution is 2.10. The molecule has 0 aliphatic carbocycles. The van der Waals surface area contributed by atoms with Crippen molar-refractivity contribution in [1.29, 1.82) is 0 Å². The molecule has 0 bridgehead atoms. The second-order valence-electron chi connectivity index (χ2n) is 8.42. The average molecular weight is 382 g/mol. The zero-order valence-corrected chi connectivity index (χ0v) is 18.3. The average Bonchev–Trinajstić information content (AvgIpc) is 2.56. The molecule has 0 aromatic heterocycles. The molecule has 0 radical (unpaired) electrons. The number of hydrogen-bond acceptors (Lipinski definition) is 3. The summed E-state index contributed by atoms with van der Waals surface area (Å²) in [5, 5.41) is 10.8. The molecule has 0 saturated carbocycles. The molecular weight excluding hydrogens is 338 g/mol. The van der Waals surface area contributed by atoms with Gasteiger partial charge in [0.15, 0.2) is 0 Å². The lowest BCUT2D eigenvalue weighted by molar-refractivity contribution is -0.873. The first kappa shape index (κ1) is 25.9. The Hall–Kier alpha value is -1.13. The summed E-state index contributed by atoms with van der Waals surface area (Å²) in [7, 11) is 6.14. The van der Waals surface area contributed by atoms with Crippen LogP contribution in [0, 0.1) is 0 Å². The molecule has 0 aromatic rings. The zero-order chi connectivity index (χ0) is 20.4. The minimum atomic E-state index is -1.03. The second-order valence-corrected chi connectivity index (χ2v) is 8.42. The highest BCUT2D eigenvalue weighted by Gasteiger charge is 2.18. The fraction of sp³-hybridized carbons (Fsp3) is 0.783. The van der Waals surface area contributed by atoms with Gasteiger partial charge in [0.25, 0.3) is 0 Å². The number of allylic oxidation sites excluding steroid dienone is 4. The van der Waals surface area contributed by atoms with E-state index in [-0.39, 0.29) is 12.5 Å². The molecule has 0 aliphatic rings. The van der Waals surface area contributed by atoms with Gasteiger partial charge in [0.2, 0.25) is 0 Å². The van der Waals surface area contributed by atoms with Gasteiger partial charge >= 0.3 is 0 Å². The topological polar surface area (TPSA) is 49.4 Å². The van der Waals surface area contributed by atoms with Crippen LogP contribution in [0.4, 0.5) is 0 Å². The summed E-state index contributed by atoms with van der Waals surface area (Å²) < 4.78 is 6.48. The smallest absolute Gasteiger partial charge is 0.112 e. The summed E-state index contributed by atoms with van der Waals surface area (Å²) in [6.07, 6.45) is 20.7. The number of aliphatic carboxylic acids is 1. The first-order valence-corrected chi connectivity index (χ1v) is 10.8. The van der Waals surface area contributed by atoms with Crippen molar-refractivity contribution in [2.45, 2.75) is 83.7 Å². The van der Waals surface area contributed by atoms with Crippen molar-refractivity contribution < 1.29 is 19.1 Å². The van der Waals surface area contributed by atoms with Crippen molar-refractivity contribution in [3.8, 4) is 0 Å². The SMILES string of the molecule is CCCC=CCC=CCCCCCCCCOC(CC(=O)[O-])C[N+](C)(C)C. The lowest BCUT2D eigenvalue weighted by Crippen LogP contribution is -2.44. The van der Waals surface area contributed by atoms with Crippen LogP contribution >= 0.6 is 0 Å². The maximum absolute atomic E-state index is 10.8. The van der Waals surface area contributed by atoms with Crippen LogP contribution in [0.15, 0.2) is 24.3 Å². The summed E-state index contributed by atoms with van der Waals surface area (Å²) in [4.78, 5) is 10.8. The predicted octanol–water partition coefficient (Wildman–Crippen LogP) is 4.25. The van der Waals surface area contributed by atoms with Gasteiger partial charge < -0.3 is 19.1 Å². The minimum Gasteiger partial charge on any atom is -0.550 e. The molecule has 4 nitrogen and oxygen atoms in total. The van der Waals surface area contributed by atoms with Crippen LogP contribution in [0.3, 0.4) is 0 Å². The Bertz CT molecular complexity index is 410. The molecule has 0 N–H and O–H groups in total. The number of carbonyl (C=O) groups excluding carboxylic acids is 1. The van der Waals surface area contributed by atoms with Gasteiger partial charge in [-0.3, -0.25) is 0 Å². The van der Waals surface area contributed by atoms with Crippen molar-refractivity contribution in [2.75, 3.05) is 34.3 Å². The van der Waals surface area contributed by atoms with Crippen molar-refractivity contribution in [3.63, 3.8) is 0 Å². The van der Waals surface area contributed by atoms with Crippen molar-refractivity contribution in [3.05, 3.63) is 24.3 Å². The summed E-state index contributed by atoms with van der Waals surface area (Å²) in [6.45, 7) is 3.54. The number of ether oxygens (including phenoxy) is 1. The van der Waals surface area contributed by atoms with E-state index in [4.69, 9.17) is 4.74 Å². The number of carboxylic acid groups (broad SMARTS) is 1. The first-order valence-electron chi connectivity index (χ1n) is 10.8. The number of hydrogen-bond donors (Lipinski definition) is 0. The Labute approximate surface area is 167 Å². The van der Waals surface area contributed by atoms with E-state index in [1.165, 1.54) is 44.9 Å². The maximum atomic E-state index is 10.8. The molecule has 0 heterocycles. The molecule has 158 valence electrons. The van der Waals surface area contributed by atoms with Gasteiger partial charge in [-0.05, 0) is 32.1 Å². The summed E-state index contributed by atoms with van der Waals surface area (Å²) in [5.74, 6) is -1.03. The van der Waals surface area contributed by atoms with Crippen molar-refractivity contribution in [1.82, 2.24) is 0 Å². The third kappa shape index (κ3) is 21.0. The van der Waals surface area contributed by atoms with E-state index in [0.717, 1.165) is 19.3 Å². The van der Waals surface area contributed by atoms with Crippen molar-refractivity contribution >= 4 is 5.97 Å². The number of likely N-dealkylation sites (N-methyl/N-ethyl adjacent to an activating group) is 1. The fourth-order valence-corrected chi connectivity index (χ4v) is 2.97. The predicted molar refractivity (Wildman–Crippen MR) is 112 cm³/mol. The molecular formula is C23H43NO3. The van der Waals surface area contributed by atoms with E-state index in [2.05, 4.69) is 31.2 Å². The van der Waals surface area contributed by atoms with Crippen molar-refractivity contribution in [2.24, 2.45) is 0 Å². The first-order chi connectivity index (χ1) is 12.8. The summed E-state index contributed by atoms with van der Waals surface area (Å²) in [6, 6.07) is 0. The Morgan fingerprint density at radius 2 is 1.52 bits per heavy atom. The molecule has 0 spiro atoms. The standard InChI is InChI=1S/C23H43NO3/c1-5-6-7-8-9-10-11-12-13-14-15-16-17-18-19-27-22(20-23(25)26)21-24(2,3)4/h7-8,10-11,22H,5-6,9,12-21H2,1-4H3. The van der Waals surface area contributed by atoms with Crippen LogP contribution in [0.25, 0.3) is 0 Å². The van der Waals surface area contributed by atoms with E-state index in [9.17, 15) is 9.90 Å². The molecule has 0 aliphatic heterocycles. The molecule has 1 unspecified atom stereocenters. The van der Waals surface area contributed by atoms with E-state index in [0.29, 0.717) is 17.6 Å². The largest absolute Gasteiger partial charge is 0.550 e. The molecule has 0 fully saturated rings. The zero-order valence-electron chi connectivity index (χ0n) is 18.3. The Kier molecular flexibility index (Phi) is 16.3. The Balaban J connectivity index is 3.56. The number of rotatable bonds is 18. The summed E-state index contributed by atoms with van der Waals surface area (Å²) in [5.41, 5.74) is 0. The molecule has 1 atom stereocenters. The molecule has 27 heavy (non-hydrogen) atoms. The van der Waals surface area contributed by atoms with Gasteiger partial charge in [-0.1, -0.05) is 63.3 Å². The Morgan fingerprint density at radius 3 is 2.11 bits per heavy atom. The van der Waals surface area contributed by atoms with Gasteiger partial charge in [0.1, 0.15) is 12.6 Å². The number of carbonyl (C=O) groups is 1. The van der Waals surface area contributed by atoms with E-state index in [1.54, 1.807) is 0 Å². The minimum absolute atomic E-state index is 0.0164. The van der Waals surface area contributed by atoms with Crippen LogP contribution in [0.1, 0.15) is 77.6 Å². The number of quaternary nitrogens is 1. The highest BCUT2D eigenvalue weighted by molar-refractivity contribution is 5.64. The van der Waals surface area contributed by atoms with E-state index >= 15 is 0 Å². The molecule has 0 amide bonds. The Morgan fingerprint density at radius 1 is 0.926 bits per heavy atom. The lowest BCUT2D eigenvalue weighted by atomic mass is 10.1. The summed E-state index contributed by atoms with van der Waals surface area (Å²) >= 11 is 0. The monoisotopic (exact) mass is 381 g/mol.